The van der Waals surface area contributed by atoms with Gasteiger partial charge in [-0.25, -0.2) is 4.79 Å². The van der Waals surface area contributed by atoms with Crippen molar-refractivity contribution in [3.8, 4) is 0 Å². The molecule has 1 amide bonds. The summed E-state index contributed by atoms with van der Waals surface area (Å²) in [6.45, 7) is 1.99. The van der Waals surface area contributed by atoms with E-state index in [2.05, 4.69) is 10.1 Å². The molecule has 1 aliphatic carbocycles. The van der Waals surface area contributed by atoms with Crippen molar-refractivity contribution in [1.82, 2.24) is 5.32 Å². The van der Waals surface area contributed by atoms with Crippen molar-refractivity contribution in [3.05, 3.63) is 0 Å². The van der Waals surface area contributed by atoms with Crippen molar-refractivity contribution in [2.24, 2.45) is 5.92 Å². The molecule has 0 aromatic heterocycles. The van der Waals surface area contributed by atoms with Gasteiger partial charge in [0.1, 0.15) is 6.61 Å². The molecule has 15 heavy (non-hydrogen) atoms. The molecule has 88 valence electrons. The summed E-state index contributed by atoms with van der Waals surface area (Å²) in [5, 5.41) is 11.0. The third kappa shape index (κ3) is 7.16. The highest BCUT2D eigenvalue weighted by Gasteiger charge is 2.20. The largest absolute Gasteiger partial charge is 0.447 e. The van der Waals surface area contributed by atoms with Gasteiger partial charge in [-0.2, -0.15) is 0 Å². The predicted molar refractivity (Wildman–Crippen MR) is 54.6 cm³/mol. The van der Waals surface area contributed by atoms with Crippen LogP contribution in [0.4, 0.5) is 4.79 Å². The van der Waals surface area contributed by atoms with E-state index < -0.39 is 6.09 Å². The van der Waals surface area contributed by atoms with Gasteiger partial charge in [0.25, 0.3) is 0 Å². The van der Waals surface area contributed by atoms with Gasteiger partial charge in [-0.1, -0.05) is 0 Å². The summed E-state index contributed by atoms with van der Waals surface area (Å²) in [6, 6.07) is 0. The van der Waals surface area contributed by atoms with Crippen molar-refractivity contribution in [1.29, 1.82) is 0 Å². The first kappa shape index (κ1) is 12.3. The molecule has 0 heterocycles. The number of nitrogens with one attached hydrogen (secondary N) is 1. The summed E-state index contributed by atoms with van der Waals surface area (Å²) >= 11 is 0. The second-order valence-electron chi connectivity index (χ2n) is 3.66. The predicted octanol–water partition coefficient (Wildman–Crippen LogP) is 0.522. The Kier molecular flexibility index (Phi) is 6.11. The maximum Gasteiger partial charge on any atom is 0.407 e. The van der Waals surface area contributed by atoms with Crippen LogP contribution in [0.3, 0.4) is 0 Å². The highest BCUT2D eigenvalue weighted by atomic mass is 16.6. The van der Waals surface area contributed by atoms with Crippen LogP contribution in [0.15, 0.2) is 0 Å². The van der Waals surface area contributed by atoms with Gasteiger partial charge in [0.2, 0.25) is 0 Å². The summed E-state index contributed by atoms with van der Waals surface area (Å²) in [5.41, 5.74) is 0. The van der Waals surface area contributed by atoms with Crippen LogP contribution in [0.5, 0.6) is 0 Å². The van der Waals surface area contributed by atoms with E-state index in [0.717, 1.165) is 18.9 Å². The molecule has 1 aliphatic rings. The fourth-order valence-corrected chi connectivity index (χ4v) is 1.09. The van der Waals surface area contributed by atoms with Gasteiger partial charge < -0.3 is 19.9 Å². The summed E-state index contributed by atoms with van der Waals surface area (Å²) in [7, 11) is 0. The maximum atomic E-state index is 10.9. The molecule has 0 aliphatic heterocycles. The van der Waals surface area contributed by atoms with E-state index in [1.807, 2.05) is 0 Å². The first-order valence-electron chi connectivity index (χ1n) is 5.42. The number of amides is 1. The summed E-state index contributed by atoms with van der Waals surface area (Å²) in [4.78, 5) is 10.9. The average Bonchev–Trinajstić information content (AvgIpc) is 3.04. The summed E-state index contributed by atoms with van der Waals surface area (Å²) < 4.78 is 9.99. The lowest BCUT2D eigenvalue weighted by atomic mass is 10.4. The van der Waals surface area contributed by atoms with Gasteiger partial charge in [-0.05, 0) is 25.2 Å². The molecule has 1 saturated carbocycles. The Morgan fingerprint density at radius 2 is 2.20 bits per heavy atom. The monoisotopic (exact) mass is 217 g/mol. The number of hydrogen-bond acceptors (Lipinski definition) is 4. The molecule has 0 radical (unpaired) electrons. The number of aliphatic hydroxyl groups excluding tert-OH is 1. The van der Waals surface area contributed by atoms with Crippen LogP contribution in [0.1, 0.15) is 19.3 Å². The van der Waals surface area contributed by atoms with Crippen molar-refractivity contribution in [3.63, 3.8) is 0 Å². The molecule has 5 nitrogen and oxygen atoms in total. The molecular weight excluding hydrogens is 198 g/mol. The fraction of sp³-hybridized carbons (Fsp3) is 0.900. The lowest BCUT2D eigenvalue weighted by Gasteiger charge is -2.06. The summed E-state index contributed by atoms with van der Waals surface area (Å²) in [5.74, 6) is 0.785. The molecule has 0 aromatic rings. The van der Waals surface area contributed by atoms with E-state index in [4.69, 9.17) is 9.84 Å². The second kappa shape index (κ2) is 7.48. The zero-order valence-electron chi connectivity index (χ0n) is 8.91. The van der Waals surface area contributed by atoms with Crippen LogP contribution in [-0.2, 0) is 9.47 Å². The van der Waals surface area contributed by atoms with Gasteiger partial charge >= 0.3 is 6.09 Å². The highest BCUT2D eigenvalue weighted by molar-refractivity contribution is 5.66. The number of hydrogen-bond donors (Lipinski definition) is 2. The zero-order chi connectivity index (χ0) is 10.9. The normalized spacial score (nSPS) is 15.0. The molecule has 2 N–H and O–H groups in total. The third-order valence-corrected chi connectivity index (χ3v) is 2.11. The van der Waals surface area contributed by atoms with Crippen LogP contribution in [0, 0.1) is 5.92 Å². The van der Waals surface area contributed by atoms with Crippen LogP contribution in [0.2, 0.25) is 0 Å². The molecule has 1 rings (SSSR count). The summed E-state index contributed by atoms with van der Waals surface area (Å²) in [6.07, 6.45) is 2.91. The molecule has 0 spiro atoms. The van der Waals surface area contributed by atoms with E-state index in [-0.39, 0.29) is 13.2 Å². The van der Waals surface area contributed by atoms with Crippen molar-refractivity contribution in [2.75, 3.05) is 33.0 Å². The third-order valence-electron chi connectivity index (χ3n) is 2.11. The molecule has 0 atom stereocenters. The Hall–Kier alpha value is -0.810. The average molecular weight is 217 g/mol. The zero-order valence-corrected chi connectivity index (χ0v) is 8.91. The second-order valence-corrected chi connectivity index (χ2v) is 3.66. The smallest absolute Gasteiger partial charge is 0.407 e. The minimum Gasteiger partial charge on any atom is -0.447 e. The van der Waals surface area contributed by atoms with Gasteiger partial charge in [-0.3, -0.25) is 0 Å². The first-order valence-corrected chi connectivity index (χ1v) is 5.42. The number of aliphatic hydroxyl groups is 1. The molecule has 0 unspecified atom stereocenters. The topological polar surface area (TPSA) is 67.8 Å². The number of rotatable bonds is 8. The van der Waals surface area contributed by atoms with Gasteiger partial charge in [-0.15, -0.1) is 0 Å². The van der Waals surface area contributed by atoms with Crippen LogP contribution in [-0.4, -0.2) is 44.2 Å². The van der Waals surface area contributed by atoms with E-state index in [0.29, 0.717) is 13.2 Å². The van der Waals surface area contributed by atoms with Crippen LogP contribution >= 0.6 is 0 Å². The number of alkyl carbamates (subject to hydrolysis) is 1. The Bertz CT molecular complexity index is 182. The molecule has 0 aromatic carbocycles. The number of ether oxygens (including phenoxy) is 2. The number of carbonyl (C=O) groups excluding carboxylic acids is 1. The standard InChI is InChI=1S/C10H19NO4/c12-5-7-15-10(13)11-4-1-6-14-8-9-2-3-9/h9,12H,1-8H2,(H,11,13). The molecule has 0 saturated heterocycles. The Labute approximate surface area is 89.8 Å². The minimum absolute atomic E-state index is 0.0456. The maximum absolute atomic E-state index is 10.9. The first-order chi connectivity index (χ1) is 7.33. The van der Waals surface area contributed by atoms with E-state index in [1.54, 1.807) is 0 Å². The Morgan fingerprint density at radius 1 is 1.40 bits per heavy atom. The SMILES string of the molecule is O=C(NCCCOCC1CC1)OCCO. The van der Waals surface area contributed by atoms with Crippen molar-refractivity contribution in [2.45, 2.75) is 19.3 Å². The fourth-order valence-electron chi connectivity index (χ4n) is 1.09. The number of carbonyl (C=O) groups is 1. The lowest BCUT2D eigenvalue weighted by molar-refractivity contribution is 0.111. The van der Waals surface area contributed by atoms with E-state index in [1.165, 1.54) is 12.8 Å². The quantitative estimate of drug-likeness (QED) is 0.582. The lowest BCUT2D eigenvalue weighted by Crippen LogP contribution is -2.27. The molecule has 1 fully saturated rings. The van der Waals surface area contributed by atoms with Gasteiger partial charge in [0.15, 0.2) is 0 Å². The van der Waals surface area contributed by atoms with Crippen LogP contribution in [0.25, 0.3) is 0 Å². The van der Waals surface area contributed by atoms with Crippen molar-refractivity contribution >= 4 is 6.09 Å². The molecule has 0 bridgehead atoms. The van der Waals surface area contributed by atoms with Crippen LogP contribution < -0.4 is 5.32 Å². The molecular formula is C10H19NO4. The molecule has 5 heteroatoms. The Balaban J connectivity index is 1.76. The van der Waals surface area contributed by atoms with Crippen molar-refractivity contribution < 1.29 is 19.4 Å². The minimum atomic E-state index is -0.480. The van der Waals surface area contributed by atoms with Gasteiger partial charge in [0.05, 0.1) is 6.61 Å². The highest BCUT2D eigenvalue weighted by Crippen LogP contribution is 2.28. The van der Waals surface area contributed by atoms with E-state index in [9.17, 15) is 4.79 Å². The Morgan fingerprint density at radius 3 is 2.87 bits per heavy atom. The van der Waals surface area contributed by atoms with Gasteiger partial charge in [0, 0.05) is 19.8 Å². The van der Waals surface area contributed by atoms with E-state index >= 15 is 0 Å².